The molecule has 0 aromatic heterocycles. The molecule has 0 saturated carbocycles. The van der Waals surface area contributed by atoms with Gasteiger partial charge in [0.25, 0.3) is 0 Å². The number of allylic oxidation sites excluding steroid dienone is 1. The predicted octanol–water partition coefficient (Wildman–Crippen LogP) is 4.16. The maximum Gasteiger partial charge on any atom is 0.587 e. The van der Waals surface area contributed by atoms with Gasteiger partial charge in [-0.15, -0.1) is 0 Å². The molecular formula is C16H26O9P2. The average molecular weight is 424 g/mol. The van der Waals surface area contributed by atoms with Gasteiger partial charge in [-0.1, -0.05) is 33.1 Å². The van der Waals surface area contributed by atoms with Crippen molar-refractivity contribution in [1.29, 1.82) is 0 Å². The monoisotopic (exact) mass is 424 g/mol. The summed E-state index contributed by atoms with van der Waals surface area (Å²) in [6, 6.07) is 0. The van der Waals surface area contributed by atoms with Gasteiger partial charge in [0, 0.05) is 13.3 Å². The molecule has 1 aliphatic heterocycles. The quantitative estimate of drug-likeness (QED) is 0.336. The van der Waals surface area contributed by atoms with Crippen LogP contribution < -0.4 is 0 Å². The molecule has 1 aliphatic rings. The van der Waals surface area contributed by atoms with Crippen molar-refractivity contribution in [2.45, 2.75) is 59.4 Å². The highest BCUT2D eigenvalue weighted by Gasteiger charge is 2.45. The van der Waals surface area contributed by atoms with Gasteiger partial charge in [0.05, 0.1) is 18.3 Å². The van der Waals surface area contributed by atoms with Gasteiger partial charge in [-0.2, -0.15) is 0 Å². The fourth-order valence-corrected chi connectivity index (χ4v) is 4.12. The Morgan fingerprint density at radius 3 is 2.15 bits per heavy atom. The Morgan fingerprint density at radius 2 is 1.67 bits per heavy atom. The molecule has 5 atom stereocenters. The maximum absolute atomic E-state index is 12.3. The van der Waals surface area contributed by atoms with Crippen molar-refractivity contribution in [3.8, 4) is 0 Å². The molecule has 0 amide bonds. The number of hydrogen-bond acceptors (Lipinski definition) is 7. The van der Waals surface area contributed by atoms with Crippen LogP contribution >= 0.6 is 15.6 Å². The minimum atomic E-state index is -4.74. The topological polar surface area (TPSA) is 121 Å². The minimum absolute atomic E-state index is 0.127. The zero-order valence-electron chi connectivity index (χ0n) is 16.0. The van der Waals surface area contributed by atoms with Crippen LogP contribution in [-0.2, 0) is 32.0 Å². The Hall–Kier alpha value is -1.26. The van der Waals surface area contributed by atoms with Crippen molar-refractivity contribution in [2.24, 2.45) is 5.41 Å². The molecule has 0 radical (unpaired) electrons. The third kappa shape index (κ3) is 7.71. The largest absolute Gasteiger partial charge is 0.587 e. The zero-order chi connectivity index (χ0) is 21.0. The van der Waals surface area contributed by atoms with Crippen molar-refractivity contribution >= 4 is 15.6 Å². The van der Waals surface area contributed by atoms with E-state index in [1.807, 2.05) is 33.4 Å². The second-order valence-corrected chi connectivity index (χ2v) is 9.65. The smallest absolute Gasteiger partial charge is 0.391 e. The molecule has 1 saturated heterocycles. The van der Waals surface area contributed by atoms with E-state index >= 15 is 0 Å². The lowest BCUT2D eigenvalue weighted by atomic mass is 9.86. The zero-order valence-corrected chi connectivity index (χ0v) is 17.8. The summed E-state index contributed by atoms with van der Waals surface area (Å²) in [5, 5.41) is 0. The molecule has 0 spiro atoms. The molecule has 0 aliphatic carbocycles. The Labute approximate surface area is 159 Å². The highest BCUT2D eigenvalue weighted by molar-refractivity contribution is 7.48. The summed E-state index contributed by atoms with van der Waals surface area (Å²) in [5.41, 5.74) is 3.88. The SMILES string of the molecule is C=C=C(C)OP(=O)(O)OC(=C=C)OP(=O)(O)OC1CC(C)OC1C(C)(C)C. The average Bonchev–Trinajstić information content (AvgIpc) is 2.85. The van der Waals surface area contributed by atoms with Gasteiger partial charge >= 0.3 is 21.6 Å². The predicted molar refractivity (Wildman–Crippen MR) is 97.2 cm³/mol. The van der Waals surface area contributed by atoms with Gasteiger partial charge in [0.15, 0.2) is 0 Å². The molecule has 154 valence electrons. The van der Waals surface area contributed by atoms with E-state index in [4.69, 9.17) is 13.8 Å². The third-order valence-electron chi connectivity index (χ3n) is 3.45. The lowest BCUT2D eigenvalue weighted by molar-refractivity contribution is -0.0480. The van der Waals surface area contributed by atoms with E-state index in [1.165, 1.54) is 6.92 Å². The summed E-state index contributed by atoms with van der Waals surface area (Å²) >= 11 is 0. The maximum atomic E-state index is 12.3. The van der Waals surface area contributed by atoms with Gasteiger partial charge in [-0.05, 0) is 24.6 Å². The second-order valence-electron chi connectivity index (χ2n) is 7.02. The molecule has 27 heavy (non-hydrogen) atoms. The van der Waals surface area contributed by atoms with E-state index in [0.717, 1.165) is 0 Å². The Morgan fingerprint density at radius 1 is 1.11 bits per heavy atom. The summed E-state index contributed by atoms with van der Waals surface area (Å²) in [6.45, 7) is 15.3. The molecule has 11 heteroatoms. The molecule has 0 bridgehead atoms. The molecular weight excluding hydrogens is 398 g/mol. The summed E-state index contributed by atoms with van der Waals surface area (Å²) in [6.07, 6.45) is -0.995. The first-order chi connectivity index (χ1) is 12.2. The summed E-state index contributed by atoms with van der Waals surface area (Å²) in [5.74, 6) is -1.06. The molecule has 0 aromatic carbocycles. The number of phosphoric acid groups is 2. The molecule has 1 fully saturated rings. The number of ether oxygens (including phenoxy) is 1. The van der Waals surface area contributed by atoms with Crippen molar-refractivity contribution in [3.63, 3.8) is 0 Å². The van der Waals surface area contributed by atoms with Gasteiger partial charge < -0.3 is 18.3 Å². The molecule has 5 unspecified atom stereocenters. The Balaban J connectivity index is 2.86. The van der Waals surface area contributed by atoms with Gasteiger partial charge in [0.1, 0.15) is 5.76 Å². The van der Waals surface area contributed by atoms with E-state index in [9.17, 15) is 18.9 Å². The third-order valence-corrected chi connectivity index (χ3v) is 5.28. The normalized spacial score (nSPS) is 26.7. The molecule has 1 rings (SSSR count). The van der Waals surface area contributed by atoms with Gasteiger partial charge in [0.2, 0.25) is 0 Å². The lowest BCUT2D eigenvalue weighted by Crippen LogP contribution is -2.36. The van der Waals surface area contributed by atoms with Crippen LogP contribution in [0.15, 0.2) is 36.3 Å². The molecule has 0 aromatic rings. The summed E-state index contributed by atoms with van der Waals surface area (Å²) in [7, 11) is -9.47. The first-order valence-electron chi connectivity index (χ1n) is 8.04. The van der Waals surface area contributed by atoms with E-state index in [0.29, 0.717) is 6.42 Å². The van der Waals surface area contributed by atoms with Crippen LogP contribution in [0.5, 0.6) is 0 Å². The van der Waals surface area contributed by atoms with Gasteiger partial charge in [-0.3, -0.25) is 14.3 Å². The molecule has 2 N–H and O–H groups in total. The van der Waals surface area contributed by atoms with Gasteiger partial charge in [-0.25, -0.2) is 9.13 Å². The highest BCUT2D eigenvalue weighted by Crippen LogP contribution is 2.54. The number of hydrogen-bond donors (Lipinski definition) is 2. The summed E-state index contributed by atoms with van der Waals surface area (Å²) in [4.78, 5) is 19.6. The standard InChI is InChI=1S/C16H26O9P2/c1-8-11(3)22-26(17,18)24-14(9-2)25-27(19,20)23-13-10-12(4)21-15(13)16(5,6)7/h12-13,15H,1-2,10H2,3-7H3,(H,17,18)(H,19,20). The fourth-order valence-electron chi connectivity index (χ4n) is 2.41. The van der Waals surface area contributed by atoms with E-state index in [2.05, 4.69) is 27.9 Å². The van der Waals surface area contributed by atoms with Crippen LogP contribution in [0.1, 0.15) is 41.0 Å². The van der Waals surface area contributed by atoms with Crippen LogP contribution in [-0.4, -0.2) is 28.1 Å². The summed E-state index contributed by atoms with van der Waals surface area (Å²) < 4.78 is 48.9. The second kappa shape index (κ2) is 8.83. The minimum Gasteiger partial charge on any atom is -0.391 e. The molecule has 1 heterocycles. The van der Waals surface area contributed by atoms with Crippen LogP contribution in [0.3, 0.4) is 0 Å². The van der Waals surface area contributed by atoms with Crippen molar-refractivity contribution in [3.05, 3.63) is 36.3 Å². The first-order valence-corrected chi connectivity index (χ1v) is 11.0. The first kappa shape index (κ1) is 23.8. The van der Waals surface area contributed by atoms with Crippen LogP contribution in [0, 0.1) is 5.41 Å². The fraction of sp³-hybridized carbons (Fsp3) is 0.625. The van der Waals surface area contributed by atoms with Crippen molar-refractivity contribution < 1.29 is 41.7 Å². The van der Waals surface area contributed by atoms with E-state index in [1.54, 1.807) is 0 Å². The van der Waals surface area contributed by atoms with Crippen LogP contribution in [0.4, 0.5) is 0 Å². The number of rotatable bonds is 8. The van der Waals surface area contributed by atoms with Crippen LogP contribution in [0.25, 0.3) is 0 Å². The van der Waals surface area contributed by atoms with E-state index in [-0.39, 0.29) is 17.3 Å². The Kier molecular flexibility index (Phi) is 7.78. The lowest BCUT2D eigenvalue weighted by Gasteiger charge is -2.31. The molecule has 9 nitrogen and oxygen atoms in total. The highest BCUT2D eigenvalue weighted by atomic mass is 31.2. The Bertz CT molecular complexity index is 741. The van der Waals surface area contributed by atoms with Crippen molar-refractivity contribution in [2.75, 3.05) is 0 Å². The van der Waals surface area contributed by atoms with E-state index < -0.39 is 33.8 Å². The number of phosphoric ester groups is 2. The van der Waals surface area contributed by atoms with Crippen LogP contribution in [0.2, 0.25) is 0 Å². The van der Waals surface area contributed by atoms with Crippen molar-refractivity contribution in [1.82, 2.24) is 0 Å².